The quantitative estimate of drug-likeness (QED) is 0.710. The van der Waals surface area contributed by atoms with Gasteiger partial charge < -0.3 is 9.42 Å². The summed E-state index contributed by atoms with van der Waals surface area (Å²) in [4.78, 5) is 30.9. The summed E-state index contributed by atoms with van der Waals surface area (Å²) in [7, 11) is 0. The van der Waals surface area contributed by atoms with Crippen LogP contribution >= 0.6 is 11.3 Å². The average molecular weight is 401 g/mol. The number of carbonyl (C=O) groups excluding carboxylic acids is 2. The van der Waals surface area contributed by atoms with Crippen LogP contribution < -0.4 is 0 Å². The molecule has 27 heavy (non-hydrogen) atoms. The Morgan fingerprint density at radius 2 is 1.93 bits per heavy atom. The van der Waals surface area contributed by atoms with Crippen LogP contribution in [-0.2, 0) is 22.3 Å². The SMILES string of the molecule is CC(C)(C)C(=O)C(=O)N(Cc1ccc(-c2noc(C(F)(F)F)n2)s1)C1CC1. The van der Waals surface area contributed by atoms with Crippen molar-refractivity contribution in [2.45, 2.75) is 52.4 Å². The average Bonchev–Trinajstić information content (AvgIpc) is 3.08. The highest BCUT2D eigenvalue weighted by Gasteiger charge is 2.40. The number of nitrogens with zero attached hydrogens (tertiary/aromatic N) is 3. The first-order valence-corrected chi connectivity index (χ1v) is 9.14. The number of thiophene rings is 1. The first-order valence-electron chi connectivity index (χ1n) is 8.32. The zero-order valence-corrected chi connectivity index (χ0v) is 15.8. The van der Waals surface area contributed by atoms with Crippen LogP contribution in [0.1, 0.15) is 44.4 Å². The molecule has 2 heterocycles. The Kier molecular flexibility index (Phi) is 4.87. The zero-order chi connectivity index (χ0) is 20.0. The summed E-state index contributed by atoms with van der Waals surface area (Å²) in [6.07, 6.45) is -3.03. The second-order valence-corrected chi connectivity index (χ2v) is 8.60. The molecule has 0 atom stereocenters. The lowest BCUT2D eigenvalue weighted by molar-refractivity contribution is -0.159. The Labute approximate surface area is 157 Å². The highest BCUT2D eigenvalue weighted by Crippen LogP contribution is 2.34. The molecular weight excluding hydrogens is 383 g/mol. The Morgan fingerprint density at radius 1 is 1.26 bits per heavy atom. The van der Waals surface area contributed by atoms with Crippen LogP contribution in [-0.4, -0.2) is 32.8 Å². The van der Waals surface area contributed by atoms with E-state index in [-0.39, 0.29) is 18.4 Å². The maximum atomic E-state index is 12.6. The maximum Gasteiger partial charge on any atom is 0.471 e. The van der Waals surface area contributed by atoms with E-state index >= 15 is 0 Å². The molecule has 10 heteroatoms. The molecule has 2 aromatic heterocycles. The number of carbonyl (C=O) groups is 2. The summed E-state index contributed by atoms with van der Waals surface area (Å²) in [6.45, 7) is 5.29. The van der Waals surface area contributed by atoms with E-state index in [0.29, 0.717) is 4.88 Å². The summed E-state index contributed by atoms with van der Waals surface area (Å²) in [6, 6.07) is 3.29. The minimum absolute atomic E-state index is 0.0244. The predicted octanol–water partition coefficient (Wildman–Crippen LogP) is 3.92. The Bertz CT molecular complexity index is 863. The van der Waals surface area contributed by atoms with Crippen LogP contribution in [0, 0.1) is 5.41 Å². The molecule has 2 aromatic rings. The summed E-state index contributed by atoms with van der Waals surface area (Å²) in [5.74, 6) is -2.55. The van der Waals surface area contributed by atoms with E-state index < -0.39 is 29.2 Å². The predicted molar refractivity (Wildman–Crippen MR) is 90.6 cm³/mol. The number of amides is 1. The molecule has 6 nitrogen and oxygen atoms in total. The number of ketones is 1. The van der Waals surface area contributed by atoms with Crippen molar-refractivity contribution in [1.29, 1.82) is 0 Å². The van der Waals surface area contributed by atoms with Gasteiger partial charge in [0.1, 0.15) is 0 Å². The van der Waals surface area contributed by atoms with Gasteiger partial charge in [-0.1, -0.05) is 25.9 Å². The lowest BCUT2D eigenvalue weighted by Crippen LogP contribution is -2.42. The monoisotopic (exact) mass is 401 g/mol. The first-order chi connectivity index (χ1) is 12.5. The van der Waals surface area contributed by atoms with Gasteiger partial charge in [0, 0.05) is 16.3 Å². The van der Waals surface area contributed by atoms with E-state index in [1.165, 1.54) is 0 Å². The van der Waals surface area contributed by atoms with Gasteiger partial charge in [-0.05, 0) is 25.0 Å². The molecule has 1 saturated carbocycles. The van der Waals surface area contributed by atoms with Crippen molar-refractivity contribution in [3.05, 3.63) is 22.9 Å². The third kappa shape index (κ3) is 4.37. The van der Waals surface area contributed by atoms with Crippen molar-refractivity contribution >= 4 is 23.0 Å². The Hall–Kier alpha value is -2.23. The van der Waals surface area contributed by atoms with Crippen molar-refractivity contribution in [3.8, 4) is 10.7 Å². The van der Waals surface area contributed by atoms with Crippen molar-refractivity contribution in [2.24, 2.45) is 5.41 Å². The van der Waals surface area contributed by atoms with Gasteiger partial charge in [0.2, 0.25) is 11.6 Å². The number of halogens is 3. The van der Waals surface area contributed by atoms with Gasteiger partial charge in [0.15, 0.2) is 0 Å². The van der Waals surface area contributed by atoms with E-state index in [1.54, 1.807) is 37.8 Å². The van der Waals surface area contributed by atoms with Crippen LogP contribution in [0.5, 0.6) is 0 Å². The number of aromatic nitrogens is 2. The van der Waals surface area contributed by atoms with Gasteiger partial charge in [-0.2, -0.15) is 18.2 Å². The highest BCUT2D eigenvalue weighted by molar-refractivity contribution is 7.15. The van der Waals surface area contributed by atoms with E-state index in [2.05, 4.69) is 14.7 Å². The van der Waals surface area contributed by atoms with E-state index in [4.69, 9.17) is 0 Å². The summed E-state index contributed by atoms with van der Waals surface area (Å²) in [5.41, 5.74) is -0.774. The fraction of sp³-hybridized carbons (Fsp3) is 0.529. The number of alkyl halides is 3. The normalized spacial score (nSPS) is 15.0. The molecule has 0 aromatic carbocycles. The third-order valence-corrected chi connectivity index (χ3v) is 5.07. The minimum Gasteiger partial charge on any atom is -0.329 e. The Morgan fingerprint density at radius 3 is 2.44 bits per heavy atom. The lowest BCUT2D eigenvalue weighted by atomic mass is 9.90. The molecule has 0 spiro atoms. The van der Waals surface area contributed by atoms with Gasteiger partial charge >= 0.3 is 12.1 Å². The van der Waals surface area contributed by atoms with Crippen molar-refractivity contribution in [2.75, 3.05) is 0 Å². The fourth-order valence-electron chi connectivity index (χ4n) is 2.39. The summed E-state index contributed by atoms with van der Waals surface area (Å²) in [5, 5.41) is 3.36. The molecular formula is C17H18F3N3O3S. The van der Waals surface area contributed by atoms with Crippen molar-refractivity contribution in [3.63, 3.8) is 0 Å². The van der Waals surface area contributed by atoms with Crippen molar-refractivity contribution < 1.29 is 27.3 Å². The topological polar surface area (TPSA) is 76.3 Å². The van der Waals surface area contributed by atoms with E-state index in [9.17, 15) is 22.8 Å². The molecule has 1 amide bonds. The molecule has 0 saturated heterocycles. The molecule has 1 aliphatic rings. The van der Waals surface area contributed by atoms with Crippen LogP contribution in [0.15, 0.2) is 16.7 Å². The molecule has 0 radical (unpaired) electrons. The number of hydrogen-bond acceptors (Lipinski definition) is 6. The van der Waals surface area contributed by atoms with Gasteiger partial charge in [0.25, 0.3) is 5.91 Å². The largest absolute Gasteiger partial charge is 0.471 e. The van der Waals surface area contributed by atoms with Gasteiger partial charge in [-0.15, -0.1) is 11.3 Å². The molecule has 0 aliphatic heterocycles. The molecule has 0 unspecified atom stereocenters. The molecule has 1 aliphatic carbocycles. The number of hydrogen-bond donors (Lipinski definition) is 0. The van der Waals surface area contributed by atoms with Crippen LogP contribution in [0.25, 0.3) is 10.7 Å². The molecule has 0 bridgehead atoms. The number of Topliss-reactive ketones (excluding diaryl/α,β-unsaturated/α-hetero) is 1. The molecule has 146 valence electrons. The first kappa shape index (κ1) is 19.5. The van der Waals surface area contributed by atoms with Crippen LogP contribution in [0.3, 0.4) is 0 Å². The van der Waals surface area contributed by atoms with Gasteiger partial charge in [0.05, 0.1) is 11.4 Å². The third-order valence-electron chi connectivity index (χ3n) is 4.00. The minimum atomic E-state index is -4.70. The molecule has 0 N–H and O–H groups in total. The second-order valence-electron chi connectivity index (χ2n) is 7.43. The van der Waals surface area contributed by atoms with E-state index in [1.807, 2.05) is 0 Å². The smallest absolute Gasteiger partial charge is 0.329 e. The summed E-state index contributed by atoms with van der Waals surface area (Å²) >= 11 is 1.16. The standard InChI is InChI=1S/C17H18F3N3O3S/c1-16(2,3)12(24)14(25)23(9-4-5-9)8-10-6-7-11(27-10)13-21-15(26-22-13)17(18,19)20/h6-7,9H,4-5,8H2,1-3H3. The Balaban J connectivity index is 1.76. The van der Waals surface area contributed by atoms with E-state index in [0.717, 1.165) is 29.1 Å². The molecule has 1 fully saturated rings. The lowest BCUT2D eigenvalue weighted by Gasteiger charge is -2.25. The second kappa shape index (κ2) is 6.74. The van der Waals surface area contributed by atoms with Gasteiger partial charge in [-0.3, -0.25) is 9.59 Å². The summed E-state index contributed by atoms with van der Waals surface area (Å²) < 4.78 is 42.0. The zero-order valence-electron chi connectivity index (χ0n) is 15.0. The fourth-order valence-corrected chi connectivity index (χ4v) is 3.33. The van der Waals surface area contributed by atoms with Crippen molar-refractivity contribution in [1.82, 2.24) is 15.0 Å². The van der Waals surface area contributed by atoms with Crippen LogP contribution in [0.2, 0.25) is 0 Å². The highest BCUT2D eigenvalue weighted by atomic mass is 32.1. The number of rotatable bonds is 5. The van der Waals surface area contributed by atoms with Gasteiger partial charge in [-0.25, -0.2) is 0 Å². The molecule has 3 rings (SSSR count). The van der Waals surface area contributed by atoms with Crippen LogP contribution in [0.4, 0.5) is 13.2 Å². The maximum absolute atomic E-state index is 12.6.